The van der Waals surface area contributed by atoms with Gasteiger partial charge in [0.1, 0.15) is 0 Å². The summed E-state index contributed by atoms with van der Waals surface area (Å²) in [6.45, 7) is 5.80. The van der Waals surface area contributed by atoms with Crippen molar-refractivity contribution in [3.8, 4) is 0 Å². The van der Waals surface area contributed by atoms with Gasteiger partial charge in [0, 0.05) is 13.1 Å². The second kappa shape index (κ2) is 4.10. The Labute approximate surface area is 79.3 Å². The van der Waals surface area contributed by atoms with Crippen LogP contribution in [0.25, 0.3) is 0 Å². The fourth-order valence-electron chi connectivity index (χ4n) is 1.48. The van der Waals surface area contributed by atoms with Crippen LogP contribution in [0.15, 0.2) is 0 Å². The third-order valence-electron chi connectivity index (χ3n) is 2.36. The summed E-state index contributed by atoms with van der Waals surface area (Å²) < 4.78 is 4.69. The number of rotatable bonds is 1. The lowest BCUT2D eigenvalue weighted by atomic mass is 9.82. The standard InChI is InChI=1S/C8H15NO2.ClH/c1-8(2)5-9-4-6(8)7(10)11-3;/h6,9H,4-5H2,1-3H3;1H/t6-;/m1./s1. The first-order valence-corrected chi connectivity index (χ1v) is 3.86. The lowest BCUT2D eigenvalue weighted by molar-refractivity contribution is -0.147. The number of halogens is 1. The molecule has 0 spiro atoms. The van der Waals surface area contributed by atoms with E-state index in [1.165, 1.54) is 7.11 Å². The van der Waals surface area contributed by atoms with E-state index in [9.17, 15) is 4.79 Å². The highest BCUT2D eigenvalue weighted by atomic mass is 35.5. The van der Waals surface area contributed by atoms with E-state index < -0.39 is 0 Å². The highest BCUT2D eigenvalue weighted by molar-refractivity contribution is 5.85. The summed E-state index contributed by atoms with van der Waals surface area (Å²) in [6, 6.07) is 0. The molecule has 0 saturated carbocycles. The van der Waals surface area contributed by atoms with Gasteiger partial charge in [-0.15, -0.1) is 12.4 Å². The molecule has 0 bridgehead atoms. The predicted molar refractivity (Wildman–Crippen MR) is 49.4 cm³/mol. The molecule has 1 aliphatic heterocycles. The average molecular weight is 194 g/mol. The summed E-state index contributed by atoms with van der Waals surface area (Å²) in [5, 5.41) is 3.18. The van der Waals surface area contributed by atoms with E-state index in [0.717, 1.165) is 13.1 Å². The topological polar surface area (TPSA) is 38.3 Å². The first kappa shape index (κ1) is 11.7. The van der Waals surface area contributed by atoms with Crippen LogP contribution in [0, 0.1) is 11.3 Å². The maximum atomic E-state index is 11.2. The van der Waals surface area contributed by atoms with Gasteiger partial charge >= 0.3 is 5.97 Å². The Morgan fingerprint density at radius 2 is 2.17 bits per heavy atom. The second-order valence-corrected chi connectivity index (χ2v) is 3.70. The SMILES string of the molecule is COC(=O)[C@H]1CNCC1(C)C.Cl. The molecule has 1 saturated heterocycles. The van der Waals surface area contributed by atoms with Crippen LogP contribution >= 0.6 is 12.4 Å². The average Bonchev–Trinajstić information content (AvgIpc) is 2.28. The molecule has 0 unspecified atom stereocenters. The Balaban J connectivity index is 0.00000121. The third-order valence-corrected chi connectivity index (χ3v) is 2.36. The molecule has 1 rings (SSSR count). The van der Waals surface area contributed by atoms with Gasteiger partial charge in [-0.25, -0.2) is 0 Å². The van der Waals surface area contributed by atoms with Gasteiger partial charge in [0.25, 0.3) is 0 Å². The van der Waals surface area contributed by atoms with Crippen LogP contribution in [-0.2, 0) is 9.53 Å². The van der Waals surface area contributed by atoms with Crippen molar-refractivity contribution in [2.45, 2.75) is 13.8 Å². The highest BCUT2D eigenvalue weighted by Crippen LogP contribution is 2.30. The number of methoxy groups -OCH3 is 1. The summed E-state index contributed by atoms with van der Waals surface area (Å²) >= 11 is 0. The molecule has 1 heterocycles. The molecule has 3 nitrogen and oxygen atoms in total. The van der Waals surface area contributed by atoms with Crippen molar-refractivity contribution in [3.05, 3.63) is 0 Å². The van der Waals surface area contributed by atoms with Crippen molar-refractivity contribution in [2.75, 3.05) is 20.2 Å². The van der Waals surface area contributed by atoms with Gasteiger partial charge in [-0.05, 0) is 5.41 Å². The fraction of sp³-hybridized carbons (Fsp3) is 0.875. The minimum absolute atomic E-state index is 0. The number of esters is 1. The van der Waals surface area contributed by atoms with Gasteiger partial charge in [-0.2, -0.15) is 0 Å². The van der Waals surface area contributed by atoms with Crippen LogP contribution in [-0.4, -0.2) is 26.2 Å². The van der Waals surface area contributed by atoms with Crippen LogP contribution in [0.3, 0.4) is 0 Å². The van der Waals surface area contributed by atoms with E-state index in [1.54, 1.807) is 0 Å². The zero-order valence-electron chi connectivity index (χ0n) is 7.72. The molecular formula is C8H16ClNO2. The van der Waals surface area contributed by atoms with E-state index in [4.69, 9.17) is 4.74 Å². The van der Waals surface area contributed by atoms with Gasteiger partial charge in [-0.1, -0.05) is 13.8 Å². The highest BCUT2D eigenvalue weighted by Gasteiger charge is 2.39. The van der Waals surface area contributed by atoms with Crippen molar-refractivity contribution in [1.29, 1.82) is 0 Å². The van der Waals surface area contributed by atoms with Crippen LogP contribution in [0.1, 0.15) is 13.8 Å². The van der Waals surface area contributed by atoms with Crippen molar-refractivity contribution < 1.29 is 9.53 Å². The Kier molecular flexibility index (Phi) is 4.00. The number of ether oxygens (including phenoxy) is 1. The van der Waals surface area contributed by atoms with Gasteiger partial charge in [0.15, 0.2) is 0 Å². The van der Waals surface area contributed by atoms with E-state index in [-0.39, 0.29) is 29.7 Å². The van der Waals surface area contributed by atoms with Crippen LogP contribution < -0.4 is 5.32 Å². The van der Waals surface area contributed by atoms with E-state index in [2.05, 4.69) is 19.2 Å². The number of hydrogen-bond acceptors (Lipinski definition) is 3. The van der Waals surface area contributed by atoms with E-state index in [1.807, 2.05) is 0 Å². The molecule has 4 heteroatoms. The summed E-state index contributed by atoms with van der Waals surface area (Å²) in [5.74, 6) is -0.0764. The van der Waals surface area contributed by atoms with Crippen molar-refractivity contribution >= 4 is 18.4 Å². The summed E-state index contributed by atoms with van der Waals surface area (Å²) in [5.41, 5.74) is 0.0487. The van der Waals surface area contributed by atoms with E-state index in [0.29, 0.717) is 0 Å². The molecule has 0 aromatic carbocycles. The molecule has 12 heavy (non-hydrogen) atoms. The monoisotopic (exact) mass is 193 g/mol. The molecule has 72 valence electrons. The largest absolute Gasteiger partial charge is 0.469 e. The maximum Gasteiger partial charge on any atom is 0.310 e. The van der Waals surface area contributed by atoms with Crippen LogP contribution in [0.2, 0.25) is 0 Å². The lowest BCUT2D eigenvalue weighted by Gasteiger charge is -2.22. The molecule has 0 aliphatic carbocycles. The van der Waals surface area contributed by atoms with Crippen LogP contribution in [0.4, 0.5) is 0 Å². The number of hydrogen-bond donors (Lipinski definition) is 1. The van der Waals surface area contributed by atoms with Crippen LogP contribution in [0.5, 0.6) is 0 Å². The molecule has 1 N–H and O–H groups in total. The summed E-state index contributed by atoms with van der Waals surface area (Å²) in [6.07, 6.45) is 0. The Morgan fingerprint density at radius 1 is 1.58 bits per heavy atom. The number of carbonyl (C=O) groups excluding carboxylic acids is 1. The van der Waals surface area contributed by atoms with Gasteiger partial charge in [0.2, 0.25) is 0 Å². The van der Waals surface area contributed by atoms with Gasteiger partial charge in [-0.3, -0.25) is 4.79 Å². The molecule has 0 aromatic rings. The molecular weight excluding hydrogens is 178 g/mol. The lowest BCUT2D eigenvalue weighted by Crippen LogP contribution is -2.30. The maximum absolute atomic E-state index is 11.2. The minimum atomic E-state index is -0.0972. The zero-order valence-corrected chi connectivity index (χ0v) is 8.53. The molecule has 0 radical (unpaired) electrons. The molecule has 1 fully saturated rings. The smallest absolute Gasteiger partial charge is 0.310 e. The zero-order chi connectivity index (χ0) is 8.48. The van der Waals surface area contributed by atoms with Crippen molar-refractivity contribution in [2.24, 2.45) is 11.3 Å². The van der Waals surface area contributed by atoms with Crippen molar-refractivity contribution in [3.63, 3.8) is 0 Å². The first-order valence-electron chi connectivity index (χ1n) is 3.86. The fourth-order valence-corrected chi connectivity index (χ4v) is 1.48. The second-order valence-electron chi connectivity index (χ2n) is 3.70. The Bertz CT molecular complexity index is 170. The first-order chi connectivity index (χ1) is 5.08. The van der Waals surface area contributed by atoms with Crippen molar-refractivity contribution in [1.82, 2.24) is 5.32 Å². The summed E-state index contributed by atoms with van der Waals surface area (Å²) in [7, 11) is 1.44. The number of nitrogens with one attached hydrogen (secondary N) is 1. The molecule has 1 atom stereocenters. The normalized spacial score (nSPS) is 26.1. The van der Waals surface area contributed by atoms with Gasteiger partial charge < -0.3 is 10.1 Å². The van der Waals surface area contributed by atoms with E-state index >= 15 is 0 Å². The van der Waals surface area contributed by atoms with Gasteiger partial charge in [0.05, 0.1) is 13.0 Å². The predicted octanol–water partition coefficient (Wildman–Crippen LogP) is 0.827. The molecule has 0 aromatic heterocycles. The third kappa shape index (κ3) is 2.11. The Hall–Kier alpha value is -0.280. The minimum Gasteiger partial charge on any atom is -0.469 e. The quantitative estimate of drug-likeness (QED) is 0.627. The number of carbonyl (C=O) groups is 1. The summed E-state index contributed by atoms with van der Waals surface area (Å²) in [4.78, 5) is 11.2. The molecule has 0 amide bonds. The Morgan fingerprint density at radius 3 is 2.50 bits per heavy atom. The molecule has 1 aliphatic rings.